The van der Waals surface area contributed by atoms with E-state index in [0.717, 1.165) is 26.0 Å². The van der Waals surface area contributed by atoms with E-state index in [9.17, 15) is 0 Å². The molecule has 0 aliphatic carbocycles. The zero-order valence-corrected chi connectivity index (χ0v) is 13.9. The largest absolute Gasteiger partial charge is 0.138 e. The molecule has 0 aliphatic heterocycles. The molecule has 6 heteroatoms. The highest BCUT2D eigenvalue weighted by Gasteiger charge is 2.22. The predicted octanol–water partition coefficient (Wildman–Crippen LogP) is 4.46. The first-order valence-corrected chi connectivity index (χ1v) is 8.32. The van der Waals surface area contributed by atoms with Gasteiger partial charge in [-0.1, -0.05) is 29.7 Å². The van der Waals surface area contributed by atoms with Crippen LogP contribution in [0.2, 0.25) is 0 Å². The van der Waals surface area contributed by atoms with Crippen LogP contribution < -0.4 is 0 Å². The van der Waals surface area contributed by atoms with Crippen LogP contribution in [-0.4, -0.2) is 19.2 Å². The normalized spacial score (nSPS) is 12.8. The number of aromatic nitrogens is 4. The van der Waals surface area contributed by atoms with Gasteiger partial charge in [-0.25, -0.2) is 0 Å². The zero-order chi connectivity index (χ0) is 14.8. The molecule has 2 heterocycles. The van der Waals surface area contributed by atoms with Gasteiger partial charge >= 0.3 is 0 Å². The van der Waals surface area contributed by atoms with Crippen LogP contribution in [0.3, 0.4) is 0 Å². The van der Waals surface area contributed by atoms with Crippen LogP contribution >= 0.6 is 23.1 Å². The van der Waals surface area contributed by atoms with Gasteiger partial charge in [-0.15, -0.1) is 10.2 Å². The van der Waals surface area contributed by atoms with Gasteiger partial charge in [-0.05, 0) is 58.7 Å². The second-order valence-electron chi connectivity index (χ2n) is 6.36. The van der Waals surface area contributed by atoms with Gasteiger partial charge in [0.25, 0.3) is 0 Å². The fourth-order valence-electron chi connectivity index (χ4n) is 2.77. The molecule has 4 aromatic rings. The van der Waals surface area contributed by atoms with Gasteiger partial charge in [-0.3, -0.25) is 0 Å². The molecule has 0 fully saturated rings. The second kappa shape index (κ2) is 4.18. The molecule has 2 aromatic carbocycles. The van der Waals surface area contributed by atoms with Crippen LogP contribution in [0.4, 0.5) is 0 Å². The number of fused-ring (bicyclic) bond motifs is 5. The lowest BCUT2D eigenvalue weighted by Crippen LogP contribution is -2.11. The molecule has 0 radical (unpaired) electrons. The Labute approximate surface area is 130 Å². The fourth-order valence-corrected chi connectivity index (χ4v) is 4.24. The lowest BCUT2D eigenvalue weighted by molar-refractivity contribution is 0.595. The molecule has 0 unspecified atom stereocenters. The summed E-state index contributed by atoms with van der Waals surface area (Å²) in [5.41, 5.74) is 4.44. The molecule has 0 aliphatic rings. The Balaban J connectivity index is 2.31. The van der Waals surface area contributed by atoms with Crippen LogP contribution in [0.15, 0.2) is 12.1 Å². The number of nitrogens with zero attached hydrogens (tertiary/aromatic N) is 4. The van der Waals surface area contributed by atoms with Gasteiger partial charge in [0.15, 0.2) is 0 Å². The first kappa shape index (κ1) is 13.0. The summed E-state index contributed by atoms with van der Waals surface area (Å²) in [5, 5.41) is 11.1. The maximum absolute atomic E-state index is 4.37. The fraction of sp³-hybridized carbons (Fsp3) is 0.333. The van der Waals surface area contributed by atoms with Gasteiger partial charge in [0, 0.05) is 10.8 Å². The minimum atomic E-state index is 0.0253. The molecule has 0 amide bonds. The molecule has 0 bridgehead atoms. The molecule has 0 saturated heterocycles. The van der Waals surface area contributed by atoms with Crippen LogP contribution in [0.25, 0.3) is 31.2 Å². The summed E-state index contributed by atoms with van der Waals surface area (Å²) in [6.45, 7) is 8.72. The first-order chi connectivity index (χ1) is 9.97. The van der Waals surface area contributed by atoms with E-state index >= 15 is 0 Å². The third kappa shape index (κ3) is 1.79. The van der Waals surface area contributed by atoms with Crippen molar-refractivity contribution in [1.82, 2.24) is 19.2 Å². The van der Waals surface area contributed by atoms with E-state index in [0.29, 0.717) is 0 Å². The Morgan fingerprint density at radius 1 is 0.857 bits per heavy atom. The van der Waals surface area contributed by atoms with Crippen LogP contribution in [0.1, 0.15) is 31.9 Å². The Morgan fingerprint density at radius 2 is 1.43 bits per heavy atom. The highest BCUT2D eigenvalue weighted by Crippen LogP contribution is 2.39. The highest BCUT2D eigenvalue weighted by atomic mass is 32.1. The van der Waals surface area contributed by atoms with E-state index in [2.05, 4.69) is 59.0 Å². The van der Waals surface area contributed by atoms with Gasteiger partial charge < -0.3 is 0 Å². The third-order valence-corrected chi connectivity index (χ3v) is 5.36. The van der Waals surface area contributed by atoms with Crippen molar-refractivity contribution in [3.63, 3.8) is 0 Å². The van der Waals surface area contributed by atoms with Gasteiger partial charge in [0.2, 0.25) is 0 Å². The Kier molecular flexibility index (Phi) is 2.59. The van der Waals surface area contributed by atoms with E-state index in [4.69, 9.17) is 0 Å². The average molecular weight is 314 g/mol. The van der Waals surface area contributed by atoms with Gasteiger partial charge in [0.1, 0.15) is 11.0 Å². The van der Waals surface area contributed by atoms with E-state index in [1.807, 2.05) is 0 Å². The lowest BCUT2D eigenvalue weighted by atomic mass is 9.85. The number of benzene rings is 2. The minimum Gasteiger partial charge on any atom is -0.138 e. The molecule has 21 heavy (non-hydrogen) atoms. The summed E-state index contributed by atoms with van der Waals surface area (Å²) in [5.74, 6) is 0. The molecular formula is C15H14N4S2. The molecule has 106 valence electrons. The van der Waals surface area contributed by atoms with Crippen molar-refractivity contribution in [3.8, 4) is 0 Å². The predicted molar refractivity (Wildman–Crippen MR) is 89.3 cm³/mol. The monoisotopic (exact) mass is 314 g/mol. The summed E-state index contributed by atoms with van der Waals surface area (Å²) < 4.78 is 10.6. The molecular weight excluding hydrogens is 300 g/mol. The number of hydrogen-bond donors (Lipinski definition) is 0. The molecule has 4 nitrogen and oxygen atoms in total. The number of rotatable bonds is 0. The van der Waals surface area contributed by atoms with Crippen molar-refractivity contribution < 1.29 is 0 Å². The van der Waals surface area contributed by atoms with E-state index in [-0.39, 0.29) is 5.41 Å². The van der Waals surface area contributed by atoms with Crippen molar-refractivity contribution in [1.29, 1.82) is 0 Å². The third-order valence-electron chi connectivity index (χ3n) is 3.84. The molecule has 4 rings (SSSR count). The number of hydrogen-bond acceptors (Lipinski definition) is 6. The van der Waals surface area contributed by atoms with Crippen molar-refractivity contribution in [2.75, 3.05) is 0 Å². The molecule has 2 aromatic heterocycles. The first-order valence-electron chi connectivity index (χ1n) is 6.78. The Bertz CT molecular complexity index is 992. The van der Waals surface area contributed by atoms with Crippen molar-refractivity contribution in [3.05, 3.63) is 23.3 Å². The summed E-state index contributed by atoms with van der Waals surface area (Å²) in [7, 11) is 0. The van der Waals surface area contributed by atoms with Crippen LogP contribution in [0.5, 0.6) is 0 Å². The summed E-state index contributed by atoms with van der Waals surface area (Å²) in [6.07, 6.45) is 0. The maximum atomic E-state index is 4.37. The highest BCUT2D eigenvalue weighted by molar-refractivity contribution is 7.15. The van der Waals surface area contributed by atoms with Gasteiger partial charge in [-0.2, -0.15) is 0 Å². The molecule has 0 atom stereocenters. The van der Waals surface area contributed by atoms with Crippen molar-refractivity contribution in [2.24, 2.45) is 0 Å². The van der Waals surface area contributed by atoms with E-state index in [1.165, 1.54) is 39.4 Å². The van der Waals surface area contributed by atoms with Gasteiger partial charge in [0.05, 0.1) is 9.40 Å². The zero-order valence-electron chi connectivity index (χ0n) is 12.3. The molecule has 0 spiro atoms. The summed E-state index contributed by atoms with van der Waals surface area (Å²) in [4.78, 5) is 0. The minimum absolute atomic E-state index is 0.0253. The van der Waals surface area contributed by atoms with E-state index in [1.54, 1.807) is 0 Å². The SMILES string of the molecule is Cc1cc2c(cc(C(C)(C)C)c3nnsc32)c2snnc12. The number of aryl methyl sites for hydroxylation is 1. The maximum Gasteiger partial charge on any atom is 0.110 e. The Hall–Kier alpha value is -1.66. The van der Waals surface area contributed by atoms with Crippen molar-refractivity contribution >= 4 is 54.3 Å². The van der Waals surface area contributed by atoms with E-state index < -0.39 is 0 Å². The topological polar surface area (TPSA) is 51.6 Å². The quantitative estimate of drug-likeness (QED) is 0.481. The molecule has 0 saturated carbocycles. The van der Waals surface area contributed by atoms with Crippen LogP contribution in [-0.2, 0) is 5.41 Å². The second-order valence-corrected chi connectivity index (χ2v) is 7.87. The Morgan fingerprint density at radius 3 is 2.10 bits per heavy atom. The van der Waals surface area contributed by atoms with Crippen molar-refractivity contribution in [2.45, 2.75) is 33.1 Å². The standard InChI is InChI=1S/C15H14N4S2/c1-7-5-8-9(13-11(7)16-18-20-13)6-10(15(2,3)4)12-14(8)21-19-17-12/h5-6H,1-4H3. The lowest BCUT2D eigenvalue weighted by Gasteiger charge is -2.20. The summed E-state index contributed by atoms with van der Waals surface area (Å²) >= 11 is 2.93. The summed E-state index contributed by atoms with van der Waals surface area (Å²) in [6, 6.07) is 4.44. The average Bonchev–Trinajstić information content (AvgIpc) is 3.06. The van der Waals surface area contributed by atoms with Crippen LogP contribution in [0, 0.1) is 6.92 Å². The molecule has 0 N–H and O–H groups in total. The smallest absolute Gasteiger partial charge is 0.110 e.